The van der Waals surface area contributed by atoms with Crippen LogP contribution in [0.25, 0.3) is 22.3 Å². The molecular weight excluding hydrogens is 382 g/mol. The summed E-state index contributed by atoms with van der Waals surface area (Å²) in [6.07, 6.45) is -4.79. The molecule has 0 unspecified atom stereocenters. The summed E-state index contributed by atoms with van der Waals surface area (Å²) in [5.41, 5.74) is -1.53. The maximum atomic E-state index is 14.2. The van der Waals surface area contributed by atoms with Crippen LogP contribution in [0.4, 0.5) is 17.6 Å². The van der Waals surface area contributed by atoms with Crippen LogP contribution >= 0.6 is 0 Å². The number of hydrogen-bond donors (Lipinski definition) is 0. The van der Waals surface area contributed by atoms with Gasteiger partial charge >= 0.3 is 12.1 Å². The van der Waals surface area contributed by atoms with Gasteiger partial charge in [0.15, 0.2) is 12.3 Å². The van der Waals surface area contributed by atoms with Crippen molar-refractivity contribution in [2.24, 2.45) is 7.05 Å². The maximum absolute atomic E-state index is 14.2. The van der Waals surface area contributed by atoms with Crippen LogP contribution in [0.1, 0.15) is 12.5 Å². The highest BCUT2D eigenvalue weighted by molar-refractivity contribution is 5.94. The van der Waals surface area contributed by atoms with Gasteiger partial charge in [-0.25, -0.2) is 13.9 Å². The number of alkyl halides is 3. The molecule has 0 amide bonds. The van der Waals surface area contributed by atoms with Gasteiger partial charge in [-0.15, -0.1) is 0 Å². The minimum Gasteiger partial charge on any atom is -0.466 e. The van der Waals surface area contributed by atoms with Gasteiger partial charge < -0.3 is 9.47 Å². The zero-order chi connectivity index (χ0) is 20.5. The summed E-state index contributed by atoms with van der Waals surface area (Å²) in [5, 5.41) is 3.67. The Bertz CT molecular complexity index is 1030. The smallest absolute Gasteiger partial charge is 0.417 e. The standard InChI is InChI=1S/C18H15F4N3O3/c1-3-27-14(26)9-28-13-8-11(18(20,21)22)15-16(24-25(2)17(15)23-13)10-6-4-5-7-12(10)19/h4-8H,3,9H2,1-2H3. The number of benzene rings is 1. The summed E-state index contributed by atoms with van der Waals surface area (Å²) >= 11 is 0. The molecule has 0 aliphatic rings. The van der Waals surface area contributed by atoms with Crippen LogP contribution in [0.3, 0.4) is 0 Å². The summed E-state index contributed by atoms with van der Waals surface area (Å²) in [6, 6.07) is 6.05. The van der Waals surface area contributed by atoms with Crippen molar-refractivity contribution in [3.63, 3.8) is 0 Å². The number of halogens is 4. The average Bonchev–Trinajstić information content (AvgIpc) is 2.96. The Hall–Kier alpha value is -3.17. The maximum Gasteiger partial charge on any atom is 0.417 e. The molecule has 0 bridgehead atoms. The molecule has 0 aliphatic carbocycles. The van der Waals surface area contributed by atoms with Gasteiger partial charge in [0.2, 0.25) is 5.88 Å². The lowest BCUT2D eigenvalue weighted by Crippen LogP contribution is -2.16. The molecule has 0 saturated carbocycles. The van der Waals surface area contributed by atoms with Gasteiger partial charge in [-0.05, 0) is 19.1 Å². The van der Waals surface area contributed by atoms with Crippen molar-refractivity contribution in [2.75, 3.05) is 13.2 Å². The van der Waals surface area contributed by atoms with E-state index in [0.717, 1.165) is 10.7 Å². The Labute approximate surface area is 156 Å². The van der Waals surface area contributed by atoms with E-state index < -0.39 is 36.0 Å². The molecule has 2 aromatic heterocycles. The number of nitrogens with zero attached hydrogens (tertiary/aromatic N) is 3. The van der Waals surface area contributed by atoms with Crippen molar-refractivity contribution in [3.8, 4) is 17.1 Å². The number of fused-ring (bicyclic) bond motifs is 1. The summed E-state index contributed by atoms with van der Waals surface area (Å²) in [5.74, 6) is -1.87. The van der Waals surface area contributed by atoms with Gasteiger partial charge in [0, 0.05) is 18.7 Å². The Morgan fingerprint density at radius 1 is 1.25 bits per heavy atom. The Kier molecular flexibility index (Phi) is 5.21. The lowest BCUT2D eigenvalue weighted by molar-refractivity contribution is -0.145. The average molecular weight is 397 g/mol. The number of aromatic nitrogens is 3. The fourth-order valence-electron chi connectivity index (χ4n) is 2.70. The minimum absolute atomic E-state index is 0.0828. The molecule has 6 nitrogen and oxygen atoms in total. The number of rotatable bonds is 5. The molecule has 0 fully saturated rings. The van der Waals surface area contributed by atoms with Crippen molar-refractivity contribution in [3.05, 3.63) is 41.7 Å². The molecule has 10 heteroatoms. The quantitative estimate of drug-likeness (QED) is 0.485. The van der Waals surface area contributed by atoms with Crippen LogP contribution in [0.15, 0.2) is 30.3 Å². The van der Waals surface area contributed by atoms with Gasteiger partial charge in [0.25, 0.3) is 0 Å². The second-order valence-corrected chi connectivity index (χ2v) is 5.75. The van der Waals surface area contributed by atoms with Gasteiger partial charge in [0.05, 0.1) is 17.6 Å². The van der Waals surface area contributed by atoms with E-state index in [9.17, 15) is 22.4 Å². The third-order valence-corrected chi connectivity index (χ3v) is 3.85. The van der Waals surface area contributed by atoms with Crippen molar-refractivity contribution in [2.45, 2.75) is 13.1 Å². The van der Waals surface area contributed by atoms with E-state index in [2.05, 4.69) is 14.8 Å². The second-order valence-electron chi connectivity index (χ2n) is 5.75. The first kappa shape index (κ1) is 19.6. The summed E-state index contributed by atoms with van der Waals surface area (Å²) < 4.78 is 66.2. The topological polar surface area (TPSA) is 66.2 Å². The summed E-state index contributed by atoms with van der Waals surface area (Å²) in [4.78, 5) is 15.4. The number of hydrogen-bond acceptors (Lipinski definition) is 5. The Balaban J connectivity index is 2.17. The van der Waals surface area contributed by atoms with E-state index in [4.69, 9.17) is 4.74 Å². The minimum atomic E-state index is -4.79. The molecule has 1 aromatic carbocycles. The first-order valence-corrected chi connectivity index (χ1v) is 8.20. The molecule has 0 spiro atoms. The first-order valence-electron chi connectivity index (χ1n) is 8.20. The molecule has 0 aliphatic heterocycles. The van der Waals surface area contributed by atoms with E-state index in [1.54, 1.807) is 6.92 Å². The lowest BCUT2D eigenvalue weighted by Gasteiger charge is -2.12. The number of pyridine rings is 1. The zero-order valence-corrected chi connectivity index (χ0v) is 14.9. The third kappa shape index (κ3) is 3.75. The predicted octanol–water partition coefficient (Wildman–Crippen LogP) is 3.74. The van der Waals surface area contributed by atoms with Crippen molar-refractivity contribution < 1.29 is 31.8 Å². The van der Waals surface area contributed by atoms with E-state index in [1.807, 2.05) is 0 Å². The molecule has 0 atom stereocenters. The SMILES string of the molecule is CCOC(=O)COc1cc(C(F)(F)F)c2c(-c3ccccc3F)nn(C)c2n1. The van der Waals surface area contributed by atoms with Crippen LogP contribution in [-0.2, 0) is 22.8 Å². The number of carbonyl (C=O) groups is 1. The Morgan fingerprint density at radius 3 is 2.61 bits per heavy atom. The van der Waals surface area contributed by atoms with Gasteiger partial charge in [-0.1, -0.05) is 12.1 Å². The van der Waals surface area contributed by atoms with Crippen molar-refractivity contribution in [1.29, 1.82) is 0 Å². The van der Waals surface area contributed by atoms with Crippen molar-refractivity contribution in [1.82, 2.24) is 14.8 Å². The second kappa shape index (κ2) is 7.45. The summed E-state index contributed by atoms with van der Waals surface area (Å²) in [6.45, 7) is 1.10. The van der Waals surface area contributed by atoms with Crippen LogP contribution in [0.2, 0.25) is 0 Å². The number of carbonyl (C=O) groups excluding carboxylic acids is 1. The fourth-order valence-corrected chi connectivity index (χ4v) is 2.70. The molecule has 0 N–H and O–H groups in total. The van der Waals surface area contributed by atoms with Crippen LogP contribution in [-0.4, -0.2) is 33.9 Å². The zero-order valence-electron chi connectivity index (χ0n) is 14.9. The fraction of sp³-hybridized carbons (Fsp3) is 0.278. The molecule has 0 radical (unpaired) electrons. The lowest BCUT2D eigenvalue weighted by atomic mass is 10.0. The predicted molar refractivity (Wildman–Crippen MR) is 91.0 cm³/mol. The van der Waals surface area contributed by atoms with Crippen LogP contribution in [0.5, 0.6) is 5.88 Å². The van der Waals surface area contributed by atoms with Crippen LogP contribution < -0.4 is 4.74 Å². The monoisotopic (exact) mass is 397 g/mol. The Morgan fingerprint density at radius 2 is 1.96 bits per heavy atom. The summed E-state index contributed by atoms with van der Waals surface area (Å²) in [7, 11) is 1.38. The molecule has 148 valence electrons. The van der Waals surface area contributed by atoms with E-state index in [-0.39, 0.29) is 28.9 Å². The molecule has 3 aromatic rings. The van der Waals surface area contributed by atoms with Gasteiger partial charge in [-0.3, -0.25) is 0 Å². The van der Waals surface area contributed by atoms with E-state index >= 15 is 0 Å². The van der Waals surface area contributed by atoms with E-state index in [0.29, 0.717) is 6.07 Å². The number of ether oxygens (including phenoxy) is 2. The molecule has 3 rings (SSSR count). The highest BCUT2D eigenvalue weighted by atomic mass is 19.4. The molecular formula is C18H15F4N3O3. The normalized spacial score (nSPS) is 11.6. The third-order valence-electron chi connectivity index (χ3n) is 3.85. The van der Waals surface area contributed by atoms with Crippen LogP contribution in [0, 0.1) is 5.82 Å². The molecule has 2 heterocycles. The highest BCUT2D eigenvalue weighted by Crippen LogP contribution is 2.40. The van der Waals surface area contributed by atoms with E-state index in [1.165, 1.54) is 25.2 Å². The van der Waals surface area contributed by atoms with Gasteiger partial charge in [-0.2, -0.15) is 23.3 Å². The largest absolute Gasteiger partial charge is 0.466 e. The molecule has 0 saturated heterocycles. The van der Waals surface area contributed by atoms with Gasteiger partial charge in [0.1, 0.15) is 11.5 Å². The molecule has 28 heavy (non-hydrogen) atoms. The number of esters is 1. The first-order chi connectivity index (χ1) is 13.2. The highest BCUT2D eigenvalue weighted by Gasteiger charge is 2.36. The van der Waals surface area contributed by atoms with Crippen molar-refractivity contribution >= 4 is 17.0 Å². The number of aryl methyl sites for hydroxylation is 1.